The fourth-order valence-corrected chi connectivity index (χ4v) is 4.59. The van der Waals surface area contributed by atoms with Gasteiger partial charge in [0.2, 0.25) is 12.1 Å². The molecule has 1 fully saturated rings. The number of aromatic nitrogens is 4. The zero-order chi connectivity index (χ0) is 24.7. The summed E-state index contributed by atoms with van der Waals surface area (Å²) < 4.78 is 56.6. The molecular formula is C23H25F3N6O3. The first-order chi connectivity index (χ1) is 16.7. The van der Waals surface area contributed by atoms with Gasteiger partial charge in [-0.3, -0.25) is 14.1 Å². The zero-order valence-corrected chi connectivity index (χ0v) is 19.0. The Balaban J connectivity index is 1.24. The molecule has 2 aliphatic heterocycles. The van der Waals surface area contributed by atoms with E-state index in [0.717, 1.165) is 21.4 Å². The van der Waals surface area contributed by atoms with E-state index in [1.54, 1.807) is 16.8 Å². The first-order valence-corrected chi connectivity index (χ1v) is 11.2. The molecule has 2 N–H and O–H groups in total. The largest absolute Gasteiger partial charge is 0.472 e. The van der Waals surface area contributed by atoms with Gasteiger partial charge in [0.05, 0.1) is 11.8 Å². The summed E-state index contributed by atoms with van der Waals surface area (Å²) >= 11 is 0. The number of fused-ring (bicyclic) bond motifs is 1. The first-order valence-electron chi connectivity index (χ1n) is 11.2. The lowest BCUT2D eigenvalue weighted by Gasteiger charge is -2.29. The quantitative estimate of drug-likeness (QED) is 0.566. The molecule has 35 heavy (non-hydrogen) atoms. The maximum absolute atomic E-state index is 14.7. The third-order valence-electron chi connectivity index (χ3n) is 6.33. The van der Waals surface area contributed by atoms with E-state index in [9.17, 15) is 18.0 Å². The number of alkyl halides is 2. The van der Waals surface area contributed by atoms with Crippen LogP contribution in [0.3, 0.4) is 0 Å². The summed E-state index contributed by atoms with van der Waals surface area (Å²) in [6.07, 6.45) is -1.17. The van der Waals surface area contributed by atoms with Gasteiger partial charge >= 0.3 is 5.69 Å². The summed E-state index contributed by atoms with van der Waals surface area (Å²) in [5, 5.41) is 4.47. The maximum Gasteiger partial charge on any atom is 0.351 e. The molecular weight excluding hydrogens is 465 g/mol. The molecule has 0 aliphatic carbocycles. The van der Waals surface area contributed by atoms with Crippen LogP contribution in [0, 0.1) is 5.82 Å². The van der Waals surface area contributed by atoms with Crippen molar-refractivity contribution >= 4 is 5.82 Å². The Morgan fingerprint density at radius 2 is 2.03 bits per heavy atom. The van der Waals surface area contributed by atoms with Crippen LogP contribution in [-0.4, -0.2) is 49.3 Å². The molecule has 4 heterocycles. The molecule has 12 heteroatoms. The third-order valence-corrected chi connectivity index (χ3v) is 6.33. The predicted molar refractivity (Wildman–Crippen MR) is 119 cm³/mol. The Bertz CT molecular complexity index is 1280. The van der Waals surface area contributed by atoms with Crippen molar-refractivity contribution < 1.29 is 22.6 Å². The third kappa shape index (κ3) is 4.76. The lowest BCUT2D eigenvalue weighted by atomic mass is 10.1. The Labute approximate surface area is 198 Å². The van der Waals surface area contributed by atoms with Crippen molar-refractivity contribution in [3.05, 3.63) is 69.7 Å². The number of aryl methyl sites for hydroxylation is 1. The van der Waals surface area contributed by atoms with Crippen LogP contribution in [0.5, 0.6) is 5.88 Å². The number of halogens is 3. The monoisotopic (exact) mass is 490 g/mol. The van der Waals surface area contributed by atoms with E-state index < -0.39 is 30.4 Å². The minimum atomic E-state index is -3.22. The van der Waals surface area contributed by atoms with Crippen LogP contribution in [0.1, 0.15) is 29.5 Å². The number of nitrogens with two attached hydrogens (primary N) is 1. The summed E-state index contributed by atoms with van der Waals surface area (Å²) in [5.74, 6) is -3.05. The highest BCUT2D eigenvalue weighted by Crippen LogP contribution is 2.42. The minimum absolute atomic E-state index is 0.0366. The van der Waals surface area contributed by atoms with Crippen LogP contribution in [0.15, 0.2) is 41.3 Å². The smallest absolute Gasteiger partial charge is 0.351 e. The fraction of sp³-hybridized carbons (Fsp3) is 0.435. The first kappa shape index (κ1) is 23.4. The molecule has 0 bridgehead atoms. The molecule has 0 radical (unpaired) electrons. The van der Waals surface area contributed by atoms with Crippen molar-refractivity contribution in [1.82, 2.24) is 24.2 Å². The molecule has 0 saturated carbocycles. The lowest BCUT2D eigenvalue weighted by Crippen LogP contribution is -2.37. The Hall–Kier alpha value is -3.38. The van der Waals surface area contributed by atoms with Crippen molar-refractivity contribution in [1.29, 1.82) is 0 Å². The highest BCUT2D eigenvalue weighted by Gasteiger charge is 2.52. The molecule has 2 aliphatic rings. The van der Waals surface area contributed by atoms with Gasteiger partial charge < -0.3 is 15.2 Å². The number of anilines is 1. The van der Waals surface area contributed by atoms with Crippen LogP contribution in [0.2, 0.25) is 0 Å². The fourth-order valence-electron chi connectivity index (χ4n) is 4.59. The molecule has 0 spiro atoms. The van der Waals surface area contributed by atoms with E-state index in [1.165, 1.54) is 24.4 Å². The average Bonchev–Trinajstić information content (AvgIpc) is 3.28. The van der Waals surface area contributed by atoms with Gasteiger partial charge in [0.1, 0.15) is 18.2 Å². The summed E-state index contributed by atoms with van der Waals surface area (Å²) in [6.45, 7) is 1.65. The number of nitrogen functional groups attached to an aromatic ring is 1. The summed E-state index contributed by atoms with van der Waals surface area (Å²) in [7, 11) is 1.81. The van der Waals surface area contributed by atoms with Crippen molar-refractivity contribution in [2.45, 2.75) is 44.2 Å². The van der Waals surface area contributed by atoms with Crippen LogP contribution in [0.25, 0.3) is 0 Å². The van der Waals surface area contributed by atoms with Gasteiger partial charge in [-0.15, -0.1) is 5.10 Å². The van der Waals surface area contributed by atoms with Gasteiger partial charge in [-0.2, -0.15) is 4.98 Å². The molecule has 2 aromatic heterocycles. The van der Waals surface area contributed by atoms with Gasteiger partial charge in [0.15, 0.2) is 0 Å². The molecule has 0 unspecified atom stereocenters. The van der Waals surface area contributed by atoms with Crippen molar-refractivity contribution in [2.24, 2.45) is 7.05 Å². The number of nitrogens with zero attached hydrogens (tertiary/aromatic N) is 5. The highest BCUT2D eigenvalue weighted by atomic mass is 19.3. The van der Waals surface area contributed by atoms with Crippen LogP contribution in [0.4, 0.5) is 19.0 Å². The minimum Gasteiger partial charge on any atom is -0.472 e. The number of rotatable bonds is 6. The van der Waals surface area contributed by atoms with Gasteiger partial charge in [0.25, 0.3) is 5.92 Å². The summed E-state index contributed by atoms with van der Waals surface area (Å²) in [5.41, 5.74) is 7.32. The van der Waals surface area contributed by atoms with Crippen molar-refractivity contribution in [2.75, 3.05) is 18.8 Å². The van der Waals surface area contributed by atoms with Gasteiger partial charge in [0, 0.05) is 44.9 Å². The number of hydrogen-bond acceptors (Lipinski definition) is 7. The molecule has 1 saturated heterocycles. The van der Waals surface area contributed by atoms with E-state index in [-0.39, 0.29) is 24.8 Å². The van der Waals surface area contributed by atoms with Crippen LogP contribution >= 0.6 is 0 Å². The van der Waals surface area contributed by atoms with Gasteiger partial charge in [-0.25, -0.2) is 18.0 Å². The number of ether oxygens (including phenoxy) is 2. The Morgan fingerprint density at radius 3 is 2.77 bits per heavy atom. The lowest BCUT2D eigenvalue weighted by molar-refractivity contribution is -0.119. The number of hydrogen-bond donors (Lipinski definition) is 1. The SMILES string of the molecule is Cn1nc(OCc2ccc(F)cc2)c2c1CN(C[C@@H]1CC(F)(F)[C@H](n3ccc(N)nc3=O)O1)CC2. The number of benzene rings is 1. The average molecular weight is 490 g/mol. The van der Waals surface area contributed by atoms with Crippen LogP contribution < -0.4 is 16.2 Å². The zero-order valence-electron chi connectivity index (χ0n) is 19.0. The molecule has 0 amide bonds. The van der Waals surface area contributed by atoms with E-state index in [2.05, 4.69) is 10.1 Å². The van der Waals surface area contributed by atoms with Crippen molar-refractivity contribution in [3.63, 3.8) is 0 Å². The summed E-state index contributed by atoms with van der Waals surface area (Å²) in [6, 6.07) is 7.36. The van der Waals surface area contributed by atoms with E-state index >= 15 is 0 Å². The standard InChI is InChI=1S/C23H25F3N6O3/c1-30-18-12-31(8-6-17(18)20(29-30)34-13-14-2-4-15(24)5-3-14)11-16-10-23(25,26)21(35-16)32-9-7-19(27)28-22(32)33/h2-5,7,9,16,21H,6,8,10-13H2,1H3,(H2,27,28,33)/t16-,21+/m0/s1. The van der Waals surface area contributed by atoms with E-state index in [1.807, 2.05) is 11.9 Å². The molecule has 1 aromatic carbocycles. The van der Waals surface area contributed by atoms with E-state index in [0.29, 0.717) is 25.4 Å². The summed E-state index contributed by atoms with van der Waals surface area (Å²) in [4.78, 5) is 17.6. The molecule has 9 nitrogen and oxygen atoms in total. The second-order valence-corrected chi connectivity index (χ2v) is 8.87. The Morgan fingerprint density at radius 1 is 1.26 bits per heavy atom. The van der Waals surface area contributed by atoms with Gasteiger partial charge in [-0.05, 0) is 30.2 Å². The topological polar surface area (TPSA) is 100 Å². The Kier molecular flexibility index (Phi) is 6.01. The molecule has 5 rings (SSSR count). The van der Waals surface area contributed by atoms with Crippen LogP contribution in [-0.2, 0) is 31.4 Å². The molecule has 3 aromatic rings. The van der Waals surface area contributed by atoms with Gasteiger partial charge in [-0.1, -0.05) is 12.1 Å². The van der Waals surface area contributed by atoms with Crippen molar-refractivity contribution in [3.8, 4) is 5.88 Å². The second kappa shape index (κ2) is 9.00. The normalized spacial score (nSPS) is 21.7. The molecule has 2 atom stereocenters. The highest BCUT2D eigenvalue weighted by molar-refractivity contribution is 5.34. The van der Waals surface area contributed by atoms with E-state index in [4.69, 9.17) is 15.2 Å². The maximum atomic E-state index is 14.7. The second-order valence-electron chi connectivity index (χ2n) is 8.87. The molecule has 186 valence electrons. The predicted octanol–water partition coefficient (Wildman–Crippen LogP) is 2.26.